The van der Waals surface area contributed by atoms with Crippen LogP contribution >= 0.6 is 0 Å². The topological polar surface area (TPSA) is 90.7 Å². The molecular formula is C20H20N2O4. The molecule has 2 aromatic rings. The summed E-state index contributed by atoms with van der Waals surface area (Å²) >= 11 is 0. The fraction of sp³-hybridized carbons (Fsp3) is 0.250. The van der Waals surface area contributed by atoms with Gasteiger partial charge in [-0.3, -0.25) is 19.5 Å². The molecule has 2 heterocycles. The van der Waals surface area contributed by atoms with Gasteiger partial charge in [-0.2, -0.15) is 0 Å². The molecule has 0 aliphatic carbocycles. The summed E-state index contributed by atoms with van der Waals surface area (Å²) in [6.07, 6.45) is 3.33. The summed E-state index contributed by atoms with van der Waals surface area (Å²) in [5.41, 5.74) is 0.920. The van der Waals surface area contributed by atoms with Crippen molar-refractivity contribution in [3.05, 3.63) is 65.7 Å². The molecule has 26 heavy (non-hydrogen) atoms. The Morgan fingerprint density at radius 1 is 1.15 bits per heavy atom. The van der Waals surface area contributed by atoms with E-state index < -0.39 is 17.7 Å². The number of para-hydroxylation sites is 2. The lowest BCUT2D eigenvalue weighted by atomic mass is 9.92. The normalized spacial score (nSPS) is 17.3. The summed E-state index contributed by atoms with van der Waals surface area (Å²) in [7, 11) is 0. The van der Waals surface area contributed by atoms with Gasteiger partial charge in [-0.25, -0.2) is 0 Å². The number of carbonyl (C=O) groups excluding carboxylic acids is 2. The fourth-order valence-electron chi connectivity index (χ4n) is 3.15. The van der Waals surface area contributed by atoms with E-state index in [-0.39, 0.29) is 35.1 Å². The summed E-state index contributed by atoms with van der Waals surface area (Å²) < 4.78 is 0. The average molecular weight is 352 g/mol. The molecule has 6 heteroatoms. The molecule has 1 unspecified atom stereocenters. The molecule has 0 saturated heterocycles. The molecule has 1 aliphatic rings. The lowest BCUT2D eigenvalue weighted by Gasteiger charge is -2.27. The number of anilines is 1. The van der Waals surface area contributed by atoms with E-state index in [9.17, 15) is 19.8 Å². The number of benzene rings is 1. The second-order valence-electron chi connectivity index (χ2n) is 6.63. The first-order valence-corrected chi connectivity index (χ1v) is 8.39. The first kappa shape index (κ1) is 17.7. The Morgan fingerprint density at radius 3 is 2.42 bits per heavy atom. The van der Waals surface area contributed by atoms with Gasteiger partial charge in [-0.05, 0) is 35.7 Å². The number of ketones is 1. The van der Waals surface area contributed by atoms with Crippen molar-refractivity contribution in [3.63, 3.8) is 0 Å². The first-order valence-electron chi connectivity index (χ1n) is 8.39. The fourth-order valence-corrected chi connectivity index (χ4v) is 3.15. The molecule has 134 valence electrons. The largest absolute Gasteiger partial charge is 0.506 e. The number of carbonyl (C=O) groups is 2. The van der Waals surface area contributed by atoms with Crippen LogP contribution in [0.1, 0.15) is 31.9 Å². The van der Waals surface area contributed by atoms with Crippen LogP contribution in [0.25, 0.3) is 0 Å². The number of hydrogen-bond acceptors (Lipinski definition) is 5. The molecule has 3 rings (SSSR count). The van der Waals surface area contributed by atoms with Crippen LogP contribution < -0.4 is 4.90 Å². The standard InChI is InChI=1S/C20H20N2O4/c1-12(2)11-16(24)17-18(13-7-9-21-10-8-13)22(20(26)19(17)25)14-5-3-4-6-15(14)23/h3-10,12,18,23,25H,11H2,1-2H3. The van der Waals surface area contributed by atoms with E-state index in [1.165, 1.54) is 11.0 Å². The molecule has 0 spiro atoms. The van der Waals surface area contributed by atoms with Crippen molar-refractivity contribution in [2.45, 2.75) is 26.3 Å². The highest BCUT2D eigenvalue weighted by Gasteiger charge is 2.44. The van der Waals surface area contributed by atoms with Crippen molar-refractivity contribution >= 4 is 17.4 Å². The molecule has 2 N–H and O–H groups in total. The highest BCUT2D eigenvalue weighted by Crippen LogP contribution is 2.44. The van der Waals surface area contributed by atoms with Crippen LogP contribution in [0.15, 0.2) is 60.1 Å². The Bertz CT molecular complexity index is 874. The molecule has 1 aromatic heterocycles. The number of aromatic nitrogens is 1. The second kappa shape index (κ2) is 7.00. The lowest BCUT2D eigenvalue weighted by molar-refractivity contribution is -0.118. The number of phenols is 1. The van der Waals surface area contributed by atoms with Crippen molar-refractivity contribution in [3.8, 4) is 5.75 Å². The van der Waals surface area contributed by atoms with Gasteiger partial charge < -0.3 is 10.2 Å². The second-order valence-corrected chi connectivity index (χ2v) is 6.63. The monoisotopic (exact) mass is 352 g/mol. The highest BCUT2D eigenvalue weighted by atomic mass is 16.3. The van der Waals surface area contributed by atoms with E-state index in [0.29, 0.717) is 5.56 Å². The number of pyridine rings is 1. The quantitative estimate of drug-likeness (QED) is 0.861. The third kappa shape index (κ3) is 3.06. The van der Waals surface area contributed by atoms with Gasteiger partial charge in [-0.15, -0.1) is 0 Å². The van der Waals surface area contributed by atoms with E-state index in [2.05, 4.69) is 4.98 Å². The van der Waals surface area contributed by atoms with Crippen LogP contribution in [0.3, 0.4) is 0 Å². The van der Waals surface area contributed by atoms with Crippen LogP contribution in [-0.2, 0) is 9.59 Å². The van der Waals surface area contributed by atoms with Crippen LogP contribution in [0.4, 0.5) is 5.69 Å². The van der Waals surface area contributed by atoms with Gasteiger partial charge in [0, 0.05) is 18.8 Å². The number of aromatic hydroxyl groups is 1. The maximum absolute atomic E-state index is 12.8. The van der Waals surface area contributed by atoms with Gasteiger partial charge >= 0.3 is 0 Å². The number of rotatable bonds is 5. The average Bonchev–Trinajstić information content (AvgIpc) is 2.87. The third-order valence-electron chi connectivity index (χ3n) is 4.27. The van der Waals surface area contributed by atoms with Crippen LogP contribution in [0.2, 0.25) is 0 Å². The van der Waals surface area contributed by atoms with Crippen LogP contribution in [0, 0.1) is 5.92 Å². The lowest BCUT2D eigenvalue weighted by Crippen LogP contribution is -2.31. The van der Waals surface area contributed by atoms with E-state index in [0.717, 1.165) is 0 Å². The Labute approximate surface area is 151 Å². The van der Waals surface area contributed by atoms with Gasteiger partial charge in [0.1, 0.15) is 5.75 Å². The third-order valence-corrected chi connectivity index (χ3v) is 4.27. The smallest absolute Gasteiger partial charge is 0.294 e. The maximum atomic E-state index is 12.8. The molecule has 0 bridgehead atoms. The number of amides is 1. The minimum atomic E-state index is -0.815. The zero-order chi connectivity index (χ0) is 18.8. The van der Waals surface area contributed by atoms with Gasteiger partial charge in [0.2, 0.25) is 0 Å². The Hall–Kier alpha value is -3.15. The van der Waals surface area contributed by atoms with Crippen molar-refractivity contribution in [1.82, 2.24) is 4.98 Å². The van der Waals surface area contributed by atoms with Gasteiger partial charge in [0.05, 0.1) is 17.3 Å². The molecule has 0 fully saturated rings. The minimum absolute atomic E-state index is 0.0538. The van der Waals surface area contributed by atoms with Crippen LogP contribution in [-0.4, -0.2) is 26.9 Å². The Kier molecular flexibility index (Phi) is 4.75. The summed E-state index contributed by atoms with van der Waals surface area (Å²) in [5, 5.41) is 20.7. The van der Waals surface area contributed by atoms with E-state index in [1.807, 2.05) is 13.8 Å². The van der Waals surface area contributed by atoms with Gasteiger partial charge in [0.25, 0.3) is 5.91 Å². The number of Topliss-reactive ketones (excluding diaryl/α,β-unsaturated/α-hetero) is 1. The van der Waals surface area contributed by atoms with Gasteiger partial charge in [0.15, 0.2) is 11.5 Å². The summed E-state index contributed by atoms with van der Waals surface area (Å²) in [6, 6.07) is 8.90. The van der Waals surface area contributed by atoms with Crippen molar-refractivity contribution in [2.24, 2.45) is 5.92 Å². The maximum Gasteiger partial charge on any atom is 0.294 e. The van der Waals surface area contributed by atoms with E-state index in [4.69, 9.17) is 0 Å². The number of aliphatic hydroxyl groups is 1. The molecule has 1 aromatic carbocycles. The highest BCUT2D eigenvalue weighted by molar-refractivity contribution is 6.16. The van der Waals surface area contributed by atoms with E-state index >= 15 is 0 Å². The van der Waals surface area contributed by atoms with Crippen molar-refractivity contribution < 1.29 is 19.8 Å². The van der Waals surface area contributed by atoms with Gasteiger partial charge in [-0.1, -0.05) is 26.0 Å². The first-order chi connectivity index (χ1) is 12.4. The van der Waals surface area contributed by atoms with E-state index in [1.54, 1.807) is 42.7 Å². The Morgan fingerprint density at radius 2 is 1.81 bits per heavy atom. The van der Waals surface area contributed by atoms with Crippen molar-refractivity contribution in [2.75, 3.05) is 4.90 Å². The summed E-state index contributed by atoms with van der Waals surface area (Å²) in [4.78, 5) is 30.8. The minimum Gasteiger partial charge on any atom is -0.506 e. The summed E-state index contributed by atoms with van der Waals surface area (Å²) in [6.45, 7) is 3.79. The molecule has 1 atom stereocenters. The Balaban J connectivity index is 2.16. The number of hydrogen-bond donors (Lipinski definition) is 2. The predicted octanol–water partition coefficient (Wildman–Crippen LogP) is 3.30. The zero-order valence-electron chi connectivity index (χ0n) is 14.6. The summed E-state index contributed by atoms with van der Waals surface area (Å²) in [5.74, 6) is -1.59. The molecule has 1 amide bonds. The zero-order valence-corrected chi connectivity index (χ0v) is 14.6. The molecule has 0 radical (unpaired) electrons. The predicted molar refractivity (Wildman–Crippen MR) is 96.7 cm³/mol. The van der Waals surface area contributed by atoms with Crippen molar-refractivity contribution in [1.29, 1.82) is 0 Å². The van der Waals surface area contributed by atoms with Crippen LogP contribution in [0.5, 0.6) is 5.75 Å². The SMILES string of the molecule is CC(C)CC(=O)C1=C(O)C(=O)N(c2ccccc2O)C1c1ccncc1. The molecule has 1 aliphatic heterocycles. The number of aliphatic hydroxyl groups excluding tert-OH is 1. The number of nitrogens with zero attached hydrogens (tertiary/aromatic N) is 2. The molecule has 6 nitrogen and oxygen atoms in total. The molecule has 0 saturated carbocycles. The molecular weight excluding hydrogens is 332 g/mol. The number of phenolic OH excluding ortho intramolecular Hbond substituents is 1.